The molecule has 0 spiro atoms. The van der Waals surface area contributed by atoms with E-state index in [1.807, 2.05) is 33.1 Å². The Hall–Kier alpha value is -0.630. The zero-order valence-electron chi connectivity index (χ0n) is 7.79. The number of nitrogens with zero attached hydrogens (tertiary/aromatic N) is 1. The molecule has 0 saturated heterocycles. The highest BCUT2D eigenvalue weighted by atomic mass is 32.1. The van der Waals surface area contributed by atoms with Crippen molar-refractivity contribution in [1.29, 1.82) is 0 Å². The largest absolute Gasteiger partial charge is 0.245 e. The molecule has 0 unspecified atom stereocenters. The highest BCUT2D eigenvalue weighted by Gasteiger charge is 1.80. The molecular weight excluding hydrogens is 154 g/mol. The van der Waals surface area contributed by atoms with Gasteiger partial charge in [-0.15, -0.1) is 11.3 Å². The molecule has 0 saturated carbocycles. The third-order valence-corrected chi connectivity index (χ3v) is 1.40. The zero-order chi connectivity index (χ0) is 9.11. The van der Waals surface area contributed by atoms with E-state index in [1.165, 1.54) is 0 Å². The minimum absolute atomic E-state index is 0.986. The molecule has 0 atom stereocenters. The maximum Gasteiger partial charge on any atom is 0.115 e. The van der Waals surface area contributed by atoms with Crippen molar-refractivity contribution in [3.05, 3.63) is 23.2 Å². The second-order valence-corrected chi connectivity index (χ2v) is 2.00. The molecule has 0 amide bonds. The molecule has 1 aromatic heterocycles. The van der Waals surface area contributed by atoms with Crippen LogP contribution in [0.3, 0.4) is 0 Å². The van der Waals surface area contributed by atoms with Gasteiger partial charge in [-0.25, -0.2) is 4.98 Å². The van der Waals surface area contributed by atoms with Gasteiger partial charge in [0.2, 0.25) is 0 Å². The van der Waals surface area contributed by atoms with Crippen molar-refractivity contribution in [1.82, 2.24) is 4.98 Å². The van der Waals surface area contributed by atoms with E-state index >= 15 is 0 Å². The van der Waals surface area contributed by atoms with Crippen LogP contribution in [0.1, 0.15) is 32.7 Å². The first-order valence-corrected chi connectivity index (χ1v) is 4.83. The minimum Gasteiger partial charge on any atom is -0.245 e. The van der Waals surface area contributed by atoms with Gasteiger partial charge < -0.3 is 0 Å². The Bertz CT molecular complexity index is 145. The molecular formula is C9H17NS. The first-order chi connectivity index (χ1) is 5.43. The summed E-state index contributed by atoms with van der Waals surface area (Å²) in [6, 6.07) is 0. The lowest BCUT2D eigenvalue weighted by atomic mass is 10.7. The molecule has 11 heavy (non-hydrogen) atoms. The summed E-state index contributed by atoms with van der Waals surface area (Å²) in [6.07, 6.45) is 3.51. The van der Waals surface area contributed by atoms with E-state index < -0.39 is 0 Å². The zero-order valence-corrected chi connectivity index (χ0v) is 8.61. The van der Waals surface area contributed by atoms with Crippen LogP contribution in [0.2, 0.25) is 0 Å². The van der Waals surface area contributed by atoms with Gasteiger partial charge >= 0.3 is 0 Å². The van der Waals surface area contributed by atoms with E-state index in [0.29, 0.717) is 0 Å². The van der Waals surface area contributed by atoms with Crippen molar-refractivity contribution in [2.24, 2.45) is 0 Å². The van der Waals surface area contributed by atoms with Crippen LogP contribution in [0.15, 0.2) is 18.2 Å². The number of hydrogen-bond donors (Lipinski definition) is 0. The minimum atomic E-state index is 0.986. The molecule has 1 rings (SSSR count). The third-order valence-electron chi connectivity index (χ3n) is 0.626. The average Bonchev–Trinajstić information content (AvgIpc) is 2.63. The Labute approximate surface area is 73.8 Å². The summed E-state index contributed by atoms with van der Waals surface area (Å²) < 4.78 is 0. The molecule has 0 N–H and O–H groups in total. The lowest BCUT2D eigenvalue weighted by Crippen LogP contribution is -1.58. The number of aromatic nitrogens is 1. The molecule has 0 aliphatic rings. The van der Waals surface area contributed by atoms with Gasteiger partial charge in [-0.1, -0.05) is 34.3 Å². The predicted octanol–water partition coefficient (Wildman–Crippen LogP) is 3.84. The molecule has 2 heteroatoms. The maximum atomic E-state index is 3.94. The molecule has 0 aliphatic carbocycles. The Morgan fingerprint density at radius 2 is 1.91 bits per heavy atom. The smallest absolute Gasteiger partial charge is 0.115 e. The Morgan fingerprint density at radius 1 is 1.36 bits per heavy atom. The number of thiazole rings is 1. The van der Waals surface area contributed by atoms with Crippen LogP contribution in [0.25, 0.3) is 6.08 Å². The van der Waals surface area contributed by atoms with Gasteiger partial charge in [-0.3, -0.25) is 0 Å². The van der Waals surface area contributed by atoms with Gasteiger partial charge in [-0.05, 0) is 6.08 Å². The Balaban J connectivity index is 0. The summed E-state index contributed by atoms with van der Waals surface area (Å²) in [7, 11) is 0. The topological polar surface area (TPSA) is 12.9 Å². The Kier molecular flexibility index (Phi) is 14.3. The molecule has 0 fully saturated rings. The van der Waals surface area contributed by atoms with Gasteiger partial charge in [-0.2, -0.15) is 0 Å². The fraction of sp³-hybridized carbons (Fsp3) is 0.444. The predicted molar refractivity (Wildman–Crippen MR) is 54.9 cm³/mol. The lowest BCUT2D eigenvalue weighted by Gasteiger charge is -1.70. The van der Waals surface area contributed by atoms with Gasteiger partial charge in [0, 0.05) is 11.6 Å². The van der Waals surface area contributed by atoms with E-state index in [0.717, 1.165) is 5.01 Å². The SMILES string of the molecule is C=Cc1nccs1.CC.CC. The summed E-state index contributed by atoms with van der Waals surface area (Å²) in [5, 5.41) is 2.91. The highest BCUT2D eigenvalue weighted by Crippen LogP contribution is 2.03. The molecule has 1 nitrogen and oxygen atoms in total. The van der Waals surface area contributed by atoms with Crippen molar-refractivity contribution >= 4 is 17.4 Å². The second-order valence-electron chi connectivity index (χ2n) is 1.07. The van der Waals surface area contributed by atoms with Crippen LogP contribution in [-0.4, -0.2) is 4.98 Å². The summed E-state index contributed by atoms with van der Waals surface area (Å²) in [5.41, 5.74) is 0. The quantitative estimate of drug-likeness (QED) is 0.625. The first kappa shape index (κ1) is 13.0. The third kappa shape index (κ3) is 7.26. The highest BCUT2D eigenvalue weighted by molar-refractivity contribution is 7.10. The van der Waals surface area contributed by atoms with Gasteiger partial charge in [0.1, 0.15) is 5.01 Å². The molecule has 0 aromatic carbocycles. The summed E-state index contributed by atoms with van der Waals surface area (Å²) >= 11 is 1.59. The Morgan fingerprint density at radius 3 is 2.09 bits per heavy atom. The summed E-state index contributed by atoms with van der Waals surface area (Å²) in [6.45, 7) is 11.6. The van der Waals surface area contributed by atoms with E-state index in [9.17, 15) is 0 Å². The van der Waals surface area contributed by atoms with Crippen molar-refractivity contribution in [2.45, 2.75) is 27.7 Å². The van der Waals surface area contributed by atoms with Crippen molar-refractivity contribution in [2.75, 3.05) is 0 Å². The van der Waals surface area contributed by atoms with Gasteiger partial charge in [0.15, 0.2) is 0 Å². The molecule has 0 bridgehead atoms. The van der Waals surface area contributed by atoms with Crippen LogP contribution < -0.4 is 0 Å². The van der Waals surface area contributed by atoms with Crippen LogP contribution >= 0.6 is 11.3 Å². The van der Waals surface area contributed by atoms with E-state index in [2.05, 4.69) is 11.6 Å². The van der Waals surface area contributed by atoms with E-state index in [-0.39, 0.29) is 0 Å². The van der Waals surface area contributed by atoms with Gasteiger partial charge in [0.05, 0.1) is 0 Å². The molecule has 1 aromatic rings. The molecule has 64 valence electrons. The average molecular weight is 171 g/mol. The van der Waals surface area contributed by atoms with Crippen LogP contribution in [0, 0.1) is 0 Å². The van der Waals surface area contributed by atoms with Crippen molar-refractivity contribution < 1.29 is 0 Å². The van der Waals surface area contributed by atoms with Gasteiger partial charge in [0.25, 0.3) is 0 Å². The van der Waals surface area contributed by atoms with E-state index in [4.69, 9.17) is 0 Å². The molecule has 0 aliphatic heterocycles. The van der Waals surface area contributed by atoms with Crippen LogP contribution in [0.5, 0.6) is 0 Å². The second kappa shape index (κ2) is 12.1. The summed E-state index contributed by atoms with van der Waals surface area (Å²) in [4.78, 5) is 3.94. The van der Waals surface area contributed by atoms with E-state index in [1.54, 1.807) is 23.6 Å². The maximum absolute atomic E-state index is 3.94. The first-order valence-electron chi connectivity index (χ1n) is 3.95. The van der Waals surface area contributed by atoms with Crippen LogP contribution in [-0.2, 0) is 0 Å². The van der Waals surface area contributed by atoms with Crippen LogP contribution in [0.4, 0.5) is 0 Å². The summed E-state index contributed by atoms with van der Waals surface area (Å²) in [5.74, 6) is 0. The fourth-order valence-corrected chi connectivity index (χ4v) is 0.814. The standard InChI is InChI=1S/C5H5NS.2C2H6/c1-2-5-6-3-4-7-5;2*1-2/h2-4H,1H2;2*1-2H3. The van der Waals surface area contributed by atoms with Crippen molar-refractivity contribution in [3.8, 4) is 0 Å². The monoisotopic (exact) mass is 171 g/mol. The van der Waals surface area contributed by atoms with Crippen molar-refractivity contribution in [3.63, 3.8) is 0 Å². The normalized spacial score (nSPS) is 6.55. The number of rotatable bonds is 1. The molecule has 0 radical (unpaired) electrons. The lowest BCUT2D eigenvalue weighted by molar-refractivity contribution is 1.40. The fourth-order valence-electron chi connectivity index (χ4n) is 0.335. The number of hydrogen-bond acceptors (Lipinski definition) is 2. The molecule has 1 heterocycles.